The van der Waals surface area contributed by atoms with Crippen molar-refractivity contribution >= 4 is 0 Å². The second-order valence-corrected chi connectivity index (χ2v) is 5.03. The van der Waals surface area contributed by atoms with Crippen LogP contribution < -0.4 is 14.2 Å². The number of aliphatic hydroxyl groups is 1. The first kappa shape index (κ1) is 13.8. The van der Waals surface area contributed by atoms with Gasteiger partial charge >= 0.3 is 0 Å². The average molecular weight is 286 g/mol. The molecule has 0 amide bonds. The van der Waals surface area contributed by atoms with E-state index in [-0.39, 0.29) is 6.10 Å². The highest BCUT2D eigenvalue weighted by atomic mass is 16.5. The second-order valence-electron chi connectivity index (χ2n) is 5.03. The summed E-state index contributed by atoms with van der Waals surface area (Å²) in [6, 6.07) is 13.4. The monoisotopic (exact) mass is 286 g/mol. The van der Waals surface area contributed by atoms with Crippen molar-refractivity contribution in [1.29, 1.82) is 0 Å². The molecule has 2 aromatic rings. The lowest BCUT2D eigenvalue weighted by Gasteiger charge is -2.32. The SMILES string of the molecule is COc1cc(OC)c2c(c1)OC(c1ccccc1)C(O)C2. The first-order chi connectivity index (χ1) is 10.2. The number of benzene rings is 2. The van der Waals surface area contributed by atoms with Crippen LogP contribution >= 0.6 is 0 Å². The zero-order chi connectivity index (χ0) is 14.8. The molecule has 0 bridgehead atoms. The van der Waals surface area contributed by atoms with Crippen LogP contribution in [0.1, 0.15) is 17.2 Å². The fourth-order valence-corrected chi connectivity index (χ4v) is 2.67. The van der Waals surface area contributed by atoms with Crippen LogP contribution in [0, 0.1) is 0 Å². The van der Waals surface area contributed by atoms with E-state index in [0.717, 1.165) is 11.1 Å². The van der Waals surface area contributed by atoms with Crippen molar-refractivity contribution in [3.8, 4) is 17.2 Å². The molecule has 1 aliphatic heterocycles. The normalized spacial score (nSPS) is 20.3. The first-order valence-corrected chi connectivity index (χ1v) is 6.87. The Morgan fingerprint density at radius 1 is 1.10 bits per heavy atom. The number of hydrogen-bond acceptors (Lipinski definition) is 4. The predicted molar refractivity (Wildman–Crippen MR) is 79.1 cm³/mol. The fourth-order valence-electron chi connectivity index (χ4n) is 2.67. The highest BCUT2D eigenvalue weighted by Crippen LogP contribution is 2.42. The van der Waals surface area contributed by atoms with Crippen LogP contribution in [0.5, 0.6) is 17.2 Å². The molecule has 21 heavy (non-hydrogen) atoms. The van der Waals surface area contributed by atoms with Crippen LogP contribution in [-0.2, 0) is 6.42 Å². The molecule has 110 valence electrons. The van der Waals surface area contributed by atoms with Crippen LogP contribution in [0.15, 0.2) is 42.5 Å². The summed E-state index contributed by atoms with van der Waals surface area (Å²) in [7, 11) is 3.21. The lowest BCUT2D eigenvalue weighted by molar-refractivity contribution is 0.0198. The molecule has 1 N–H and O–H groups in total. The van der Waals surface area contributed by atoms with E-state index in [9.17, 15) is 5.11 Å². The molecule has 4 nitrogen and oxygen atoms in total. The highest BCUT2D eigenvalue weighted by Gasteiger charge is 2.32. The van der Waals surface area contributed by atoms with E-state index in [4.69, 9.17) is 14.2 Å². The number of ether oxygens (including phenoxy) is 3. The van der Waals surface area contributed by atoms with E-state index in [1.54, 1.807) is 20.3 Å². The number of hydrogen-bond donors (Lipinski definition) is 1. The molecule has 0 spiro atoms. The third kappa shape index (κ3) is 2.54. The van der Waals surface area contributed by atoms with Crippen LogP contribution in [0.2, 0.25) is 0 Å². The summed E-state index contributed by atoms with van der Waals surface area (Å²) >= 11 is 0. The van der Waals surface area contributed by atoms with Gasteiger partial charge in [-0.05, 0) is 5.56 Å². The van der Waals surface area contributed by atoms with Gasteiger partial charge in [-0.25, -0.2) is 0 Å². The summed E-state index contributed by atoms with van der Waals surface area (Å²) in [5, 5.41) is 10.4. The Labute approximate surface area is 123 Å². The van der Waals surface area contributed by atoms with Crippen molar-refractivity contribution in [2.24, 2.45) is 0 Å². The summed E-state index contributed by atoms with van der Waals surface area (Å²) in [4.78, 5) is 0. The summed E-state index contributed by atoms with van der Waals surface area (Å²) in [5.74, 6) is 2.05. The smallest absolute Gasteiger partial charge is 0.150 e. The third-order valence-corrected chi connectivity index (χ3v) is 3.74. The Morgan fingerprint density at radius 2 is 1.86 bits per heavy atom. The molecule has 2 aromatic carbocycles. The van der Waals surface area contributed by atoms with Crippen LogP contribution in [0.4, 0.5) is 0 Å². The van der Waals surface area contributed by atoms with Gasteiger partial charge in [0.05, 0.1) is 20.3 Å². The van der Waals surface area contributed by atoms with Gasteiger partial charge in [0, 0.05) is 24.1 Å². The predicted octanol–water partition coefficient (Wildman–Crippen LogP) is 2.74. The summed E-state index contributed by atoms with van der Waals surface area (Å²) in [6.07, 6.45) is -0.500. The molecule has 0 aliphatic carbocycles. The Hall–Kier alpha value is -2.20. The maximum Gasteiger partial charge on any atom is 0.150 e. The quantitative estimate of drug-likeness (QED) is 0.942. The van der Waals surface area contributed by atoms with Gasteiger partial charge in [0.15, 0.2) is 0 Å². The molecule has 1 heterocycles. The number of aliphatic hydroxyl groups excluding tert-OH is 1. The van der Waals surface area contributed by atoms with Crippen LogP contribution in [0.25, 0.3) is 0 Å². The second kappa shape index (κ2) is 5.66. The van der Waals surface area contributed by atoms with Crippen molar-refractivity contribution in [1.82, 2.24) is 0 Å². The Bertz CT molecular complexity index is 624. The van der Waals surface area contributed by atoms with Crippen molar-refractivity contribution in [3.63, 3.8) is 0 Å². The van der Waals surface area contributed by atoms with Gasteiger partial charge in [-0.1, -0.05) is 30.3 Å². The van der Waals surface area contributed by atoms with Gasteiger partial charge in [-0.15, -0.1) is 0 Å². The molecule has 0 aromatic heterocycles. The summed E-state index contributed by atoms with van der Waals surface area (Å²) in [5.41, 5.74) is 1.83. The topological polar surface area (TPSA) is 47.9 Å². The molecule has 0 saturated carbocycles. The zero-order valence-electron chi connectivity index (χ0n) is 12.1. The fraction of sp³-hybridized carbons (Fsp3) is 0.294. The maximum atomic E-state index is 10.4. The maximum absolute atomic E-state index is 10.4. The molecule has 2 unspecified atom stereocenters. The Kier molecular flexibility index (Phi) is 3.71. The van der Waals surface area contributed by atoms with Gasteiger partial charge in [-0.2, -0.15) is 0 Å². The van der Waals surface area contributed by atoms with E-state index in [1.165, 1.54) is 0 Å². The zero-order valence-corrected chi connectivity index (χ0v) is 12.1. The van der Waals surface area contributed by atoms with Crippen molar-refractivity contribution in [2.75, 3.05) is 14.2 Å². The molecule has 3 rings (SSSR count). The standard InChI is InChI=1S/C17H18O4/c1-19-12-8-15(20-2)13-10-14(18)17(21-16(13)9-12)11-6-4-3-5-7-11/h3-9,14,17-18H,10H2,1-2H3. The molecule has 0 fully saturated rings. The molecule has 1 aliphatic rings. The summed E-state index contributed by atoms with van der Waals surface area (Å²) in [6.45, 7) is 0. The van der Waals surface area contributed by atoms with E-state index >= 15 is 0 Å². The summed E-state index contributed by atoms with van der Waals surface area (Å²) < 4.78 is 16.6. The van der Waals surface area contributed by atoms with E-state index in [2.05, 4.69) is 0 Å². The van der Waals surface area contributed by atoms with Gasteiger partial charge in [0.25, 0.3) is 0 Å². The van der Waals surface area contributed by atoms with E-state index < -0.39 is 6.10 Å². The molecule has 0 saturated heterocycles. The number of rotatable bonds is 3. The van der Waals surface area contributed by atoms with Gasteiger partial charge in [-0.3, -0.25) is 0 Å². The van der Waals surface area contributed by atoms with Gasteiger partial charge < -0.3 is 19.3 Å². The average Bonchev–Trinajstić information content (AvgIpc) is 2.54. The largest absolute Gasteiger partial charge is 0.496 e. The van der Waals surface area contributed by atoms with Crippen LogP contribution in [0.3, 0.4) is 0 Å². The lowest BCUT2D eigenvalue weighted by atomic mass is 9.94. The molecule has 0 radical (unpaired) electrons. The van der Waals surface area contributed by atoms with Crippen LogP contribution in [-0.4, -0.2) is 25.4 Å². The highest BCUT2D eigenvalue weighted by molar-refractivity contribution is 5.52. The number of methoxy groups -OCH3 is 2. The van der Waals surface area contributed by atoms with Crippen molar-refractivity contribution in [3.05, 3.63) is 53.6 Å². The minimum atomic E-state index is -0.609. The lowest BCUT2D eigenvalue weighted by Crippen LogP contribution is -2.30. The number of fused-ring (bicyclic) bond motifs is 1. The van der Waals surface area contributed by atoms with E-state index in [1.807, 2.05) is 36.4 Å². The van der Waals surface area contributed by atoms with E-state index in [0.29, 0.717) is 23.7 Å². The minimum Gasteiger partial charge on any atom is -0.496 e. The van der Waals surface area contributed by atoms with Gasteiger partial charge in [0.1, 0.15) is 23.4 Å². The third-order valence-electron chi connectivity index (χ3n) is 3.74. The van der Waals surface area contributed by atoms with Gasteiger partial charge in [0.2, 0.25) is 0 Å². The molecule has 4 heteroatoms. The molecular weight excluding hydrogens is 268 g/mol. The van der Waals surface area contributed by atoms with Crippen molar-refractivity contribution < 1.29 is 19.3 Å². The Balaban J connectivity index is 2.00. The van der Waals surface area contributed by atoms with Crippen molar-refractivity contribution in [2.45, 2.75) is 18.6 Å². The first-order valence-electron chi connectivity index (χ1n) is 6.87. The molecule has 2 atom stereocenters. The molecular formula is C17H18O4. The Morgan fingerprint density at radius 3 is 2.52 bits per heavy atom. The minimum absolute atomic E-state index is 0.379.